The summed E-state index contributed by atoms with van der Waals surface area (Å²) in [7, 11) is -3.55. The van der Waals surface area contributed by atoms with E-state index < -0.39 is 15.3 Å². The van der Waals surface area contributed by atoms with E-state index in [1.807, 2.05) is 18.2 Å². The van der Waals surface area contributed by atoms with Gasteiger partial charge in [-0.3, -0.25) is 4.72 Å². The van der Waals surface area contributed by atoms with Crippen molar-refractivity contribution in [2.45, 2.75) is 18.1 Å². The highest BCUT2D eigenvalue weighted by molar-refractivity contribution is 9.10. The van der Waals surface area contributed by atoms with Gasteiger partial charge in [0.25, 0.3) is 0 Å². The lowest BCUT2D eigenvalue weighted by molar-refractivity contribution is 0.202. The Morgan fingerprint density at radius 3 is 2.64 bits per heavy atom. The van der Waals surface area contributed by atoms with Crippen molar-refractivity contribution in [1.29, 1.82) is 0 Å². The van der Waals surface area contributed by atoms with Gasteiger partial charge in [-0.15, -0.1) is 0 Å². The number of sulfonamides is 1. The maximum Gasteiger partial charge on any atom is 0.316 e. The van der Waals surface area contributed by atoms with E-state index in [9.17, 15) is 8.42 Å². The lowest BCUT2D eigenvalue weighted by Gasteiger charge is -2.15. The summed E-state index contributed by atoms with van der Waals surface area (Å²) >= 11 is 3.27. The summed E-state index contributed by atoms with van der Waals surface area (Å²) in [5.41, 5.74) is 1.95. The number of nitrogens with one attached hydrogen (secondary N) is 1. The first-order chi connectivity index (χ1) is 16.0. The van der Waals surface area contributed by atoms with Gasteiger partial charge >= 0.3 is 6.01 Å². The highest BCUT2D eigenvalue weighted by Gasteiger charge is 2.36. The minimum Gasteiger partial charge on any atom is -0.473 e. The Balaban J connectivity index is 1.42. The third-order valence-electron chi connectivity index (χ3n) is 4.85. The van der Waals surface area contributed by atoms with Crippen LogP contribution in [-0.4, -0.2) is 56.4 Å². The molecular weight excluding hydrogens is 514 g/mol. The number of pyridine rings is 1. The highest BCUT2D eigenvalue weighted by atomic mass is 79.9. The molecule has 1 N–H and O–H groups in total. The molecular formula is C20H18BrN7O4S. The zero-order valence-corrected chi connectivity index (χ0v) is 19.5. The van der Waals surface area contributed by atoms with Crippen LogP contribution in [0.4, 0.5) is 5.82 Å². The molecule has 0 atom stereocenters. The third kappa shape index (κ3) is 4.88. The van der Waals surface area contributed by atoms with Crippen LogP contribution in [0.15, 0.2) is 53.8 Å². The fourth-order valence-electron chi connectivity index (χ4n) is 3.12. The molecule has 13 heteroatoms. The van der Waals surface area contributed by atoms with Gasteiger partial charge < -0.3 is 9.47 Å². The van der Waals surface area contributed by atoms with Gasteiger partial charge in [0.2, 0.25) is 15.9 Å². The molecule has 0 radical (unpaired) electrons. The minimum absolute atomic E-state index is 0.127. The number of aromatic nitrogens is 6. The zero-order valence-electron chi connectivity index (χ0n) is 17.1. The number of fused-ring (bicyclic) bond motifs is 1. The smallest absolute Gasteiger partial charge is 0.316 e. The van der Waals surface area contributed by atoms with Crippen LogP contribution in [0, 0.1) is 0 Å². The maximum absolute atomic E-state index is 12.6. The summed E-state index contributed by atoms with van der Waals surface area (Å²) in [6.45, 7) is 0.286. The number of nitrogens with zero attached hydrogens (tertiary/aromatic N) is 6. The van der Waals surface area contributed by atoms with E-state index >= 15 is 0 Å². The Kier molecular flexibility index (Phi) is 5.81. The number of halogens is 1. The monoisotopic (exact) mass is 531 g/mol. The molecule has 170 valence electrons. The van der Waals surface area contributed by atoms with Crippen molar-refractivity contribution in [3.05, 3.63) is 53.8 Å². The van der Waals surface area contributed by atoms with Crippen LogP contribution < -0.4 is 14.2 Å². The number of hydrogen-bond donors (Lipinski definition) is 1. The van der Waals surface area contributed by atoms with Gasteiger partial charge in [0.05, 0.1) is 20.8 Å². The van der Waals surface area contributed by atoms with Crippen LogP contribution in [0.3, 0.4) is 0 Å². The number of rotatable bonds is 9. The average molecular weight is 532 g/mol. The van der Waals surface area contributed by atoms with E-state index in [-0.39, 0.29) is 30.9 Å². The van der Waals surface area contributed by atoms with E-state index in [0.29, 0.717) is 24.0 Å². The molecule has 0 aromatic carbocycles. The summed E-state index contributed by atoms with van der Waals surface area (Å²) in [6.07, 6.45) is 9.12. The highest BCUT2D eigenvalue weighted by Crippen LogP contribution is 2.37. The van der Waals surface area contributed by atoms with Crippen LogP contribution in [-0.2, 0) is 10.0 Å². The summed E-state index contributed by atoms with van der Waals surface area (Å²) < 4.78 is 41.6. The molecule has 0 aliphatic heterocycles. The predicted molar refractivity (Wildman–Crippen MR) is 123 cm³/mol. The van der Waals surface area contributed by atoms with E-state index in [2.05, 4.69) is 45.7 Å². The van der Waals surface area contributed by atoms with Crippen LogP contribution in [0.2, 0.25) is 0 Å². The quantitative estimate of drug-likeness (QED) is 0.323. The van der Waals surface area contributed by atoms with Gasteiger partial charge in [-0.1, -0.05) is 6.07 Å². The summed E-state index contributed by atoms with van der Waals surface area (Å²) in [5, 5.41) is 3.85. The van der Waals surface area contributed by atoms with Crippen molar-refractivity contribution in [3.63, 3.8) is 0 Å². The topological polar surface area (TPSA) is 133 Å². The molecule has 4 aromatic heterocycles. The SMILES string of the molecule is O=S(=O)(Nc1ncnc(OCCOc2ncc(Br)cn2)c1-c1ccc2ccnn2c1)C1CC1. The Labute approximate surface area is 197 Å². The van der Waals surface area contributed by atoms with Crippen molar-refractivity contribution in [2.24, 2.45) is 0 Å². The van der Waals surface area contributed by atoms with Crippen LogP contribution in [0.5, 0.6) is 11.9 Å². The molecule has 0 spiro atoms. The normalized spacial score (nSPS) is 13.7. The van der Waals surface area contributed by atoms with Crippen LogP contribution in [0.25, 0.3) is 16.6 Å². The van der Waals surface area contributed by atoms with Crippen molar-refractivity contribution in [1.82, 2.24) is 29.5 Å². The third-order valence-corrected chi connectivity index (χ3v) is 7.09. The second-order valence-corrected chi connectivity index (χ2v) is 10.1. The zero-order chi connectivity index (χ0) is 22.8. The van der Waals surface area contributed by atoms with Crippen LogP contribution in [0.1, 0.15) is 12.8 Å². The first-order valence-corrected chi connectivity index (χ1v) is 12.4. The van der Waals surface area contributed by atoms with E-state index in [4.69, 9.17) is 9.47 Å². The second kappa shape index (κ2) is 8.90. The fourth-order valence-corrected chi connectivity index (χ4v) is 4.67. The molecule has 33 heavy (non-hydrogen) atoms. The standard InChI is InChI=1S/C20H18BrN7O4S/c21-14-9-22-20(23-10-14)32-8-7-31-19-17(13-1-2-15-5-6-26-28(15)11-13)18(24-12-25-19)27-33(29,30)16-3-4-16/h1-2,5-6,9-12,16H,3-4,7-8H2,(H,24,25,27). The molecule has 1 fully saturated rings. The molecule has 4 aromatic rings. The lowest BCUT2D eigenvalue weighted by Crippen LogP contribution is -2.19. The Bertz CT molecular complexity index is 1390. The van der Waals surface area contributed by atoms with Crippen molar-refractivity contribution < 1.29 is 17.9 Å². The molecule has 1 aliphatic carbocycles. The molecule has 0 bridgehead atoms. The molecule has 1 saturated carbocycles. The van der Waals surface area contributed by atoms with E-state index in [1.165, 1.54) is 6.33 Å². The fraction of sp³-hybridized carbons (Fsp3) is 0.250. The summed E-state index contributed by atoms with van der Waals surface area (Å²) in [4.78, 5) is 16.5. The van der Waals surface area contributed by atoms with Crippen LogP contribution >= 0.6 is 15.9 Å². The first kappa shape index (κ1) is 21.5. The molecule has 5 rings (SSSR count). The average Bonchev–Trinajstić information content (AvgIpc) is 3.57. The van der Waals surface area contributed by atoms with E-state index in [0.717, 1.165) is 9.99 Å². The second-order valence-electron chi connectivity index (χ2n) is 7.25. The number of ether oxygens (including phenoxy) is 2. The van der Waals surface area contributed by atoms with E-state index in [1.54, 1.807) is 29.3 Å². The molecule has 0 saturated heterocycles. The Morgan fingerprint density at radius 2 is 1.85 bits per heavy atom. The van der Waals surface area contributed by atoms with Crippen molar-refractivity contribution >= 4 is 37.3 Å². The van der Waals surface area contributed by atoms with Gasteiger partial charge in [0.15, 0.2) is 5.82 Å². The maximum atomic E-state index is 12.6. The first-order valence-electron chi connectivity index (χ1n) is 10.0. The van der Waals surface area contributed by atoms with Gasteiger partial charge in [0, 0.05) is 30.4 Å². The van der Waals surface area contributed by atoms with Gasteiger partial charge in [-0.05, 0) is 40.9 Å². The largest absolute Gasteiger partial charge is 0.473 e. The molecule has 1 aliphatic rings. The number of anilines is 1. The molecule has 11 nitrogen and oxygen atoms in total. The number of hydrogen-bond acceptors (Lipinski definition) is 9. The Morgan fingerprint density at radius 1 is 1.06 bits per heavy atom. The minimum atomic E-state index is -3.55. The Hall–Kier alpha value is -3.32. The lowest BCUT2D eigenvalue weighted by atomic mass is 10.1. The molecule has 4 heterocycles. The van der Waals surface area contributed by atoms with Crippen molar-refractivity contribution in [2.75, 3.05) is 17.9 Å². The summed E-state index contributed by atoms with van der Waals surface area (Å²) in [6, 6.07) is 5.78. The van der Waals surface area contributed by atoms with Crippen molar-refractivity contribution in [3.8, 4) is 23.0 Å². The molecule has 0 unspecified atom stereocenters. The van der Waals surface area contributed by atoms with Gasteiger partial charge in [-0.2, -0.15) is 5.10 Å². The summed E-state index contributed by atoms with van der Waals surface area (Å²) in [5.74, 6) is 0.362. The van der Waals surface area contributed by atoms with Gasteiger partial charge in [-0.25, -0.2) is 32.9 Å². The van der Waals surface area contributed by atoms with Gasteiger partial charge in [0.1, 0.15) is 19.5 Å². The predicted octanol–water partition coefficient (Wildman–Crippen LogP) is 2.71. The molecule has 0 amide bonds.